The van der Waals surface area contributed by atoms with E-state index in [-0.39, 0.29) is 92.5 Å². The molecule has 0 N–H and O–H groups in total. The van der Waals surface area contributed by atoms with Gasteiger partial charge in [-0.05, 0) is 0 Å². The smallest absolute Gasteiger partial charge is 0 e. The fraction of sp³-hybridized carbons (Fsp3) is 0. The normalized spacial score (nSPS) is 0. The Hall–Kier alpha value is 2.91. The van der Waals surface area contributed by atoms with Crippen molar-refractivity contribution in [2.75, 3.05) is 0 Å². The van der Waals surface area contributed by atoms with Gasteiger partial charge < -0.3 is 0 Å². The molecule has 1 radical (unpaired) electrons. The van der Waals surface area contributed by atoms with Gasteiger partial charge >= 0.3 is 36.5 Å². The van der Waals surface area contributed by atoms with Gasteiger partial charge in [-0.1, -0.05) is 0 Å². The second-order valence-corrected chi connectivity index (χ2v) is 0. The molecule has 0 aromatic heterocycles. The third-order valence-corrected chi connectivity index (χ3v) is 0. The first kappa shape index (κ1) is 44.6. The summed E-state index contributed by atoms with van der Waals surface area (Å²) < 4.78 is 0. The average molecular weight is 270 g/mol. The summed E-state index contributed by atoms with van der Waals surface area (Å²) in [4.78, 5) is 0. The van der Waals surface area contributed by atoms with E-state index in [0.717, 1.165) is 0 Å². The van der Waals surface area contributed by atoms with Crippen LogP contribution in [-0.2, 0) is 56.0 Å². The van der Waals surface area contributed by atoms with Crippen LogP contribution < -0.4 is 0 Å². The van der Waals surface area contributed by atoms with Crippen LogP contribution in [0.25, 0.3) is 0 Å². The van der Waals surface area contributed by atoms with Crippen LogP contribution in [-0.4, -0.2) is 36.5 Å². The molecule has 0 fully saturated rings. The zero-order chi connectivity index (χ0) is 0. The Labute approximate surface area is 91.1 Å². The summed E-state index contributed by atoms with van der Waals surface area (Å²) >= 11 is 0. The van der Waals surface area contributed by atoms with E-state index in [1.165, 1.54) is 0 Å². The first-order chi connectivity index (χ1) is 0. The minimum Gasteiger partial charge on any atom is 0 e. The maximum atomic E-state index is 0. The maximum Gasteiger partial charge on any atom is 0 e. The molecule has 0 aromatic carbocycles. The van der Waals surface area contributed by atoms with Crippen molar-refractivity contribution in [3.05, 3.63) is 0 Å². The van der Waals surface area contributed by atoms with Gasteiger partial charge in [-0.15, -0.1) is 0 Å². The minimum atomic E-state index is 0. The minimum absolute atomic E-state index is 0. The van der Waals surface area contributed by atoms with Gasteiger partial charge in [0.1, 0.15) is 0 Å². The molecule has 0 nitrogen and oxygen atoms in total. The summed E-state index contributed by atoms with van der Waals surface area (Å²) in [6.07, 6.45) is 0. The number of hydrogen-bond acceptors (Lipinski definition) is 0. The molecule has 0 heterocycles. The van der Waals surface area contributed by atoms with Crippen molar-refractivity contribution in [1.29, 1.82) is 0 Å². The van der Waals surface area contributed by atoms with Crippen LogP contribution in [0.3, 0.4) is 0 Å². The van der Waals surface area contributed by atoms with Crippen LogP contribution in [0, 0.1) is 0 Å². The van der Waals surface area contributed by atoms with E-state index in [0.29, 0.717) is 0 Å². The molecule has 0 unspecified atom stereocenters. The molecule has 0 rings (SSSR count). The van der Waals surface area contributed by atoms with E-state index in [2.05, 4.69) is 0 Å². The summed E-state index contributed by atoms with van der Waals surface area (Å²) in [6.45, 7) is 0. The fourth-order valence-electron chi connectivity index (χ4n) is 0. The molecular formula is H5GeLiMnZn2. The zero-order valence-corrected chi connectivity index (χ0v) is 8.91. The molecule has 0 aliphatic carbocycles. The van der Waals surface area contributed by atoms with Gasteiger partial charge in [0.05, 0.1) is 0 Å². The molecule has 0 spiro atoms. The van der Waals surface area contributed by atoms with Crippen molar-refractivity contribution in [2.45, 2.75) is 0 Å². The maximum absolute atomic E-state index is 0. The zero-order valence-electron chi connectivity index (χ0n) is 1.79. The molecule has 21 valence electrons. The van der Waals surface area contributed by atoms with Gasteiger partial charge in [-0.2, -0.15) is 0 Å². The second kappa shape index (κ2) is 28.5. The molecule has 0 aromatic rings. The predicted molar refractivity (Wildman–Crippen MR) is 18.5 cm³/mol. The summed E-state index contributed by atoms with van der Waals surface area (Å²) in [5.41, 5.74) is 0. The molecule has 0 atom stereocenters. The Kier molecular flexibility index (Phi) is 255. The Balaban J connectivity index is 0. The standard InChI is InChI=1S/GeH4.Li.Mn.2Zn.H/h1H4;;;;;. The van der Waals surface area contributed by atoms with E-state index in [9.17, 15) is 0 Å². The van der Waals surface area contributed by atoms with Gasteiger partial charge in [0.25, 0.3) is 0 Å². The van der Waals surface area contributed by atoms with Crippen molar-refractivity contribution in [3.8, 4) is 0 Å². The first-order valence-electron chi connectivity index (χ1n) is 0. The number of rotatable bonds is 0. The SMILES string of the molecule is [GeH4].[LiH].[Mn].[Zn].[Zn]. The van der Waals surface area contributed by atoms with E-state index >= 15 is 0 Å². The van der Waals surface area contributed by atoms with Crippen molar-refractivity contribution in [3.63, 3.8) is 0 Å². The van der Waals surface area contributed by atoms with Gasteiger partial charge in [0.15, 0.2) is 0 Å². The van der Waals surface area contributed by atoms with Gasteiger partial charge in [0.2, 0.25) is 0 Å². The molecule has 0 bridgehead atoms. The second-order valence-electron chi connectivity index (χ2n) is 0. The molecule has 0 aliphatic rings. The molecule has 0 amide bonds. The van der Waals surface area contributed by atoms with Gasteiger partial charge in [-0.25, -0.2) is 0 Å². The van der Waals surface area contributed by atoms with Crippen LogP contribution >= 0.6 is 0 Å². The first-order valence-corrected chi connectivity index (χ1v) is 0. The topological polar surface area (TPSA) is 0 Å². The Morgan fingerprint density at radius 3 is 0.800 bits per heavy atom. The molecule has 0 aliphatic heterocycles. The van der Waals surface area contributed by atoms with Crippen LogP contribution in [0.2, 0.25) is 0 Å². The predicted octanol–water partition coefficient (Wildman–Crippen LogP) is -2.11. The summed E-state index contributed by atoms with van der Waals surface area (Å²) in [5.74, 6) is 0. The van der Waals surface area contributed by atoms with E-state index in [1.807, 2.05) is 0 Å². The fourth-order valence-corrected chi connectivity index (χ4v) is 0. The largest absolute Gasteiger partial charge is 0 e. The van der Waals surface area contributed by atoms with E-state index in [1.54, 1.807) is 0 Å². The van der Waals surface area contributed by atoms with E-state index < -0.39 is 0 Å². The summed E-state index contributed by atoms with van der Waals surface area (Å²) in [6, 6.07) is 0. The van der Waals surface area contributed by atoms with Crippen molar-refractivity contribution < 1.29 is 56.0 Å². The van der Waals surface area contributed by atoms with E-state index in [4.69, 9.17) is 0 Å². The Bertz CT molecular complexity index is 9.61. The summed E-state index contributed by atoms with van der Waals surface area (Å²) in [5, 5.41) is 0. The van der Waals surface area contributed by atoms with Gasteiger partial charge in [-0.3, -0.25) is 0 Å². The van der Waals surface area contributed by atoms with Crippen molar-refractivity contribution in [2.24, 2.45) is 0 Å². The third-order valence-electron chi connectivity index (χ3n) is 0. The van der Waals surface area contributed by atoms with Crippen molar-refractivity contribution in [1.82, 2.24) is 0 Å². The molecule has 5 heteroatoms. The summed E-state index contributed by atoms with van der Waals surface area (Å²) in [7, 11) is 0. The van der Waals surface area contributed by atoms with Crippen molar-refractivity contribution >= 4 is 36.5 Å². The molecular weight excluding hydrogens is 265 g/mol. The molecule has 0 saturated carbocycles. The van der Waals surface area contributed by atoms with Crippen LogP contribution in [0.15, 0.2) is 0 Å². The number of hydrogen-bond donors (Lipinski definition) is 0. The van der Waals surface area contributed by atoms with Crippen LogP contribution in [0.1, 0.15) is 0 Å². The van der Waals surface area contributed by atoms with Crippen LogP contribution in [0.5, 0.6) is 0 Å². The monoisotopic (exact) mass is 269 g/mol. The molecule has 5 heavy (non-hydrogen) atoms. The van der Waals surface area contributed by atoms with Gasteiger partial charge in [0, 0.05) is 56.0 Å². The third kappa shape index (κ3) is 19.7. The van der Waals surface area contributed by atoms with Crippen LogP contribution in [0.4, 0.5) is 0 Å². The molecule has 0 saturated heterocycles. The quantitative estimate of drug-likeness (QED) is 0.442. The average Bonchev–Trinajstić information content (AvgIpc) is 0. The Morgan fingerprint density at radius 2 is 0.800 bits per heavy atom. The Morgan fingerprint density at radius 1 is 0.800 bits per heavy atom.